The number of aromatic nitrogens is 2. The first-order chi connectivity index (χ1) is 14.6. The van der Waals surface area contributed by atoms with Crippen molar-refractivity contribution in [2.45, 2.75) is 18.5 Å². The summed E-state index contributed by atoms with van der Waals surface area (Å²) in [5.41, 5.74) is 4.49. The standard InChI is InChI=1S/C23H21N3O2S2/c1-15-3-7-17(8-4-15)19-12-29-22-21(19)23(26-14-25-22)30-13-20(27)24-11-16-5-9-18(28-2)10-6-16/h3-10,12,14H,11,13H2,1-2H3,(H,24,27). The first-order valence-corrected chi connectivity index (χ1v) is 11.3. The first-order valence-electron chi connectivity index (χ1n) is 9.45. The Bertz CT molecular complexity index is 1160. The van der Waals surface area contributed by atoms with Crippen LogP contribution in [0.15, 0.2) is 65.3 Å². The highest BCUT2D eigenvalue weighted by Gasteiger charge is 2.14. The maximum Gasteiger partial charge on any atom is 0.230 e. The van der Waals surface area contributed by atoms with Gasteiger partial charge in [0, 0.05) is 17.5 Å². The molecule has 5 nitrogen and oxygen atoms in total. The Hall–Kier alpha value is -2.90. The van der Waals surface area contributed by atoms with Gasteiger partial charge in [0.2, 0.25) is 5.91 Å². The lowest BCUT2D eigenvalue weighted by Gasteiger charge is -2.08. The molecule has 4 rings (SSSR count). The molecule has 2 heterocycles. The van der Waals surface area contributed by atoms with E-state index in [2.05, 4.69) is 51.9 Å². The van der Waals surface area contributed by atoms with E-state index in [9.17, 15) is 4.79 Å². The number of amides is 1. The number of aryl methyl sites for hydroxylation is 1. The molecule has 0 bridgehead atoms. The van der Waals surface area contributed by atoms with Crippen molar-refractivity contribution in [3.63, 3.8) is 0 Å². The molecule has 1 amide bonds. The zero-order valence-electron chi connectivity index (χ0n) is 16.7. The number of hydrogen-bond donors (Lipinski definition) is 1. The van der Waals surface area contributed by atoms with E-state index in [0.717, 1.165) is 37.7 Å². The Morgan fingerprint density at radius 1 is 1.10 bits per heavy atom. The van der Waals surface area contributed by atoms with Crippen LogP contribution in [0, 0.1) is 6.92 Å². The first kappa shape index (κ1) is 20.4. The molecule has 30 heavy (non-hydrogen) atoms. The lowest BCUT2D eigenvalue weighted by Crippen LogP contribution is -2.24. The number of thioether (sulfide) groups is 1. The summed E-state index contributed by atoms with van der Waals surface area (Å²) in [7, 11) is 1.63. The van der Waals surface area contributed by atoms with Gasteiger partial charge in [-0.1, -0.05) is 53.7 Å². The van der Waals surface area contributed by atoms with Gasteiger partial charge in [-0.15, -0.1) is 11.3 Å². The highest BCUT2D eigenvalue weighted by Crippen LogP contribution is 2.37. The fourth-order valence-corrected chi connectivity index (χ4v) is 4.85. The number of hydrogen-bond acceptors (Lipinski definition) is 6. The number of carbonyl (C=O) groups excluding carboxylic acids is 1. The van der Waals surface area contributed by atoms with Gasteiger partial charge in [-0.3, -0.25) is 4.79 Å². The number of thiophene rings is 1. The molecule has 2 aromatic carbocycles. The zero-order valence-corrected chi connectivity index (χ0v) is 18.3. The average molecular weight is 436 g/mol. The van der Waals surface area contributed by atoms with Crippen molar-refractivity contribution in [3.8, 4) is 16.9 Å². The highest BCUT2D eigenvalue weighted by atomic mass is 32.2. The van der Waals surface area contributed by atoms with Crippen LogP contribution in [0.2, 0.25) is 0 Å². The molecular weight excluding hydrogens is 414 g/mol. The van der Waals surface area contributed by atoms with Crippen molar-refractivity contribution in [1.82, 2.24) is 15.3 Å². The number of nitrogens with zero attached hydrogens (tertiary/aromatic N) is 2. The molecule has 1 N–H and O–H groups in total. The molecule has 0 atom stereocenters. The van der Waals surface area contributed by atoms with Crippen LogP contribution in [-0.4, -0.2) is 28.7 Å². The molecule has 0 unspecified atom stereocenters. The maximum absolute atomic E-state index is 12.4. The molecule has 0 radical (unpaired) electrons. The predicted octanol–water partition coefficient (Wildman–Crippen LogP) is 5.08. The van der Waals surface area contributed by atoms with Gasteiger partial charge in [0.05, 0.1) is 18.2 Å². The Morgan fingerprint density at radius 2 is 1.87 bits per heavy atom. The van der Waals surface area contributed by atoms with E-state index in [0.29, 0.717) is 12.3 Å². The third-order valence-corrected chi connectivity index (χ3v) is 6.56. The minimum absolute atomic E-state index is 0.0327. The Balaban J connectivity index is 1.45. The monoisotopic (exact) mass is 435 g/mol. The summed E-state index contributed by atoms with van der Waals surface area (Å²) >= 11 is 3.04. The van der Waals surface area contributed by atoms with Crippen molar-refractivity contribution in [1.29, 1.82) is 0 Å². The largest absolute Gasteiger partial charge is 0.497 e. The van der Waals surface area contributed by atoms with Crippen molar-refractivity contribution < 1.29 is 9.53 Å². The Labute approximate surface area is 183 Å². The minimum Gasteiger partial charge on any atom is -0.497 e. The molecule has 152 valence electrons. The molecule has 7 heteroatoms. The predicted molar refractivity (Wildman–Crippen MR) is 123 cm³/mol. The van der Waals surface area contributed by atoms with Crippen molar-refractivity contribution in [2.75, 3.05) is 12.9 Å². The molecule has 0 spiro atoms. The van der Waals surface area contributed by atoms with Crippen LogP contribution < -0.4 is 10.1 Å². The number of ether oxygens (including phenoxy) is 1. The average Bonchev–Trinajstić information content (AvgIpc) is 3.22. The SMILES string of the molecule is COc1ccc(CNC(=O)CSc2ncnc3scc(-c4ccc(C)cc4)c23)cc1. The molecule has 0 aliphatic rings. The van der Waals surface area contributed by atoms with Gasteiger partial charge in [0.1, 0.15) is 21.9 Å². The summed E-state index contributed by atoms with van der Waals surface area (Å²) in [5.74, 6) is 1.06. The number of fused-ring (bicyclic) bond motifs is 1. The molecule has 0 aliphatic carbocycles. The molecular formula is C23H21N3O2S2. The summed E-state index contributed by atoms with van der Waals surface area (Å²) in [5, 5.41) is 6.91. The molecule has 0 fully saturated rings. The number of methoxy groups -OCH3 is 1. The van der Waals surface area contributed by atoms with Gasteiger partial charge in [-0.2, -0.15) is 0 Å². The fourth-order valence-electron chi connectivity index (χ4n) is 3.03. The minimum atomic E-state index is -0.0327. The zero-order chi connectivity index (χ0) is 20.9. The van der Waals surface area contributed by atoms with Gasteiger partial charge in [-0.25, -0.2) is 9.97 Å². The summed E-state index contributed by atoms with van der Waals surface area (Å²) in [6.45, 7) is 2.56. The number of carbonyl (C=O) groups is 1. The van der Waals surface area contributed by atoms with Crippen LogP contribution in [0.4, 0.5) is 0 Å². The topological polar surface area (TPSA) is 64.1 Å². The van der Waals surface area contributed by atoms with Crippen LogP contribution in [0.1, 0.15) is 11.1 Å². The third-order valence-electron chi connectivity index (χ3n) is 4.69. The van der Waals surface area contributed by atoms with Gasteiger partial charge in [-0.05, 0) is 30.2 Å². The molecule has 2 aromatic heterocycles. The van der Waals surface area contributed by atoms with E-state index in [4.69, 9.17) is 4.74 Å². The quantitative estimate of drug-likeness (QED) is 0.324. The summed E-state index contributed by atoms with van der Waals surface area (Å²) < 4.78 is 5.16. The normalized spacial score (nSPS) is 10.9. The fraction of sp³-hybridized carbons (Fsp3) is 0.174. The second-order valence-corrected chi connectivity index (χ2v) is 8.61. The van der Waals surface area contributed by atoms with Gasteiger partial charge in [0.25, 0.3) is 0 Å². The van der Waals surface area contributed by atoms with Crippen LogP contribution in [0.25, 0.3) is 21.3 Å². The Morgan fingerprint density at radius 3 is 2.60 bits per heavy atom. The summed E-state index contributed by atoms with van der Waals surface area (Å²) in [4.78, 5) is 22.2. The molecule has 0 aliphatic heterocycles. The molecule has 4 aromatic rings. The summed E-state index contributed by atoms with van der Waals surface area (Å²) in [6.07, 6.45) is 1.56. The molecule has 0 saturated heterocycles. The van der Waals surface area contributed by atoms with Gasteiger partial charge < -0.3 is 10.1 Å². The van der Waals surface area contributed by atoms with Crippen LogP contribution in [-0.2, 0) is 11.3 Å². The lowest BCUT2D eigenvalue weighted by atomic mass is 10.1. The smallest absolute Gasteiger partial charge is 0.230 e. The lowest BCUT2D eigenvalue weighted by molar-refractivity contribution is -0.118. The maximum atomic E-state index is 12.4. The van der Waals surface area contributed by atoms with E-state index in [-0.39, 0.29) is 5.91 Å². The number of benzene rings is 2. The summed E-state index contributed by atoms with van der Waals surface area (Å²) in [6, 6.07) is 16.1. The van der Waals surface area contributed by atoms with E-state index >= 15 is 0 Å². The van der Waals surface area contributed by atoms with Gasteiger partial charge in [0.15, 0.2) is 0 Å². The van der Waals surface area contributed by atoms with Crippen molar-refractivity contribution in [3.05, 3.63) is 71.4 Å². The second-order valence-electron chi connectivity index (χ2n) is 6.79. The Kier molecular flexibility index (Phi) is 6.30. The van der Waals surface area contributed by atoms with Crippen LogP contribution in [0.3, 0.4) is 0 Å². The van der Waals surface area contributed by atoms with Crippen molar-refractivity contribution >= 4 is 39.2 Å². The van der Waals surface area contributed by atoms with E-state index in [1.165, 1.54) is 17.3 Å². The number of nitrogens with one attached hydrogen (secondary N) is 1. The van der Waals surface area contributed by atoms with Crippen molar-refractivity contribution in [2.24, 2.45) is 0 Å². The van der Waals surface area contributed by atoms with E-state index < -0.39 is 0 Å². The number of rotatable bonds is 7. The second kappa shape index (κ2) is 9.28. The van der Waals surface area contributed by atoms with Crippen LogP contribution >= 0.6 is 23.1 Å². The third kappa shape index (κ3) is 4.63. The van der Waals surface area contributed by atoms with Gasteiger partial charge >= 0.3 is 0 Å². The van der Waals surface area contributed by atoms with E-state index in [1.54, 1.807) is 24.8 Å². The molecule has 0 saturated carbocycles. The highest BCUT2D eigenvalue weighted by molar-refractivity contribution is 8.00. The van der Waals surface area contributed by atoms with E-state index in [1.807, 2.05) is 24.3 Å². The van der Waals surface area contributed by atoms with Crippen LogP contribution in [0.5, 0.6) is 5.75 Å².